The molecule has 0 radical (unpaired) electrons. The molecule has 0 N–H and O–H groups in total. The predicted octanol–water partition coefficient (Wildman–Crippen LogP) is 6.30. The second-order valence-electron chi connectivity index (χ2n) is 9.95. The van der Waals surface area contributed by atoms with Crippen molar-refractivity contribution < 1.29 is 4.79 Å². The quantitative estimate of drug-likeness (QED) is 0.369. The fourth-order valence-electron chi connectivity index (χ4n) is 4.42. The molecule has 0 aromatic carbocycles. The van der Waals surface area contributed by atoms with Gasteiger partial charge in [0.15, 0.2) is 0 Å². The van der Waals surface area contributed by atoms with Crippen LogP contribution in [0.1, 0.15) is 51.4 Å². The summed E-state index contributed by atoms with van der Waals surface area (Å²) in [5.41, 5.74) is 1.64. The Balaban J connectivity index is 2.30. The van der Waals surface area contributed by atoms with Gasteiger partial charge in [-0.1, -0.05) is 0 Å². The average molecular weight is 530 g/mol. The zero-order chi connectivity index (χ0) is 17.5. The third kappa shape index (κ3) is 4.68. The molecule has 2 aliphatic carbocycles. The molecule has 1 atom stereocenters. The van der Waals surface area contributed by atoms with Crippen molar-refractivity contribution in [2.75, 3.05) is 0 Å². The Kier molecular flexibility index (Phi) is 6.25. The zero-order valence-electron chi connectivity index (χ0n) is 16.3. The van der Waals surface area contributed by atoms with Gasteiger partial charge in [-0.15, -0.1) is 0 Å². The van der Waals surface area contributed by atoms with Crippen molar-refractivity contribution in [1.29, 1.82) is 0 Å². The molecule has 1 fully saturated rings. The monoisotopic (exact) mass is 532 g/mol. The van der Waals surface area contributed by atoms with Crippen molar-refractivity contribution in [3.63, 3.8) is 0 Å². The molecular weight excluding hydrogens is 494 g/mol. The molecule has 1 nitrogen and oxygen atoms in total. The van der Waals surface area contributed by atoms with Gasteiger partial charge in [0.2, 0.25) is 0 Å². The van der Waals surface area contributed by atoms with Crippen molar-refractivity contribution in [3.05, 3.63) is 19.3 Å². The van der Waals surface area contributed by atoms with E-state index in [2.05, 4.69) is 36.2 Å². The maximum atomic E-state index is 12.9. The summed E-state index contributed by atoms with van der Waals surface area (Å²) in [6.07, 6.45) is 9.05. The molecule has 130 valence electrons. The van der Waals surface area contributed by atoms with Crippen molar-refractivity contribution in [1.82, 2.24) is 0 Å². The summed E-state index contributed by atoms with van der Waals surface area (Å²) in [5.74, 6) is 0.553. The number of ketones is 1. The van der Waals surface area contributed by atoms with Gasteiger partial charge in [0.1, 0.15) is 0 Å². The summed E-state index contributed by atoms with van der Waals surface area (Å²) in [6, 6.07) is 0. The molecule has 0 aromatic rings. The normalized spacial score (nSPS) is 26.3. The van der Waals surface area contributed by atoms with Gasteiger partial charge in [0, 0.05) is 0 Å². The maximum absolute atomic E-state index is 12.9. The summed E-state index contributed by atoms with van der Waals surface area (Å²) in [6.45, 7) is 4.45. The van der Waals surface area contributed by atoms with Gasteiger partial charge in [-0.2, -0.15) is 0 Å². The molecule has 2 aliphatic rings. The van der Waals surface area contributed by atoms with E-state index in [-0.39, 0.29) is 5.41 Å². The van der Waals surface area contributed by atoms with Crippen LogP contribution in [0.4, 0.5) is 0 Å². The first-order valence-electron chi connectivity index (χ1n) is 9.39. The topological polar surface area (TPSA) is 17.1 Å². The van der Waals surface area contributed by atoms with Crippen LogP contribution in [0, 0.1) is 5.41 Å². The van der Waals surface area contributed by atoms with Crippen LogP contribution in [0.2, 0.25) is 29.6 Å². The molecule has 3 heteroatoms. The Labute approximate surface area is 152 Å². The van der Waals surface area contributed by atoms with E-state index in [4.69, 9.17) is 0 Å². The molecule has 0 aliphatic heterocycles. The number of hydrogen-bond donors (Lipinski definition) is 0. The number of Topliss-reactive ketones (excluding diaryl/α,β-unsaturated/α-hetero) is 1. The predicted molar refractivity (Wildman–Crippen MR) is 107 cm³/mol. The molecule has 0 spiro atoms. The molecule has 2 rings (SSSR count). The van der Waals surface area contributed by atoms with Crippen LogP contribution < -0.4 is 0 Å². The minimum atomic E-state index is -2.11. The number of carbonyl (C=O) groups is 1. The van der Waals surface area contributed by atoms with Crippen molar-refractivity contribution >= 4 is 42.5 Å². The molecule has 0 saturated heterocycles. The van der Waals surface area contributed by atoms with E-state index in [0.29, 0.717) is 5.78 Å². The van der Waals surface area contributed by atoms with E-state index in [1.54, 1.807) is 5.57 Å². The van der Waals surface area contributed by atoms with Gasteiger partial charge in [-0.3, -0.25) is 0 Å². The van der Waals surface area contributed by atoms with E-state index in [0.717, 1.165) is 32.1 Å². The first kappa shape index (κ1) is 20.1. The van der Waals surface area contributed by atoms with Crippen molar-refractivity contribution in [2.45, 2.75) is 81.0 Å². The molecule has 0 heterocycles. The number of rotatable bonds is 6. The molecule has 23 heavy (non-hydrogen) atoms. The van der Waals surface area contributed by atoms with Gasteiger partial charge < -0.3 is 0 Å². The SMILES string of the molecule is C=[C](CC1(CC2=[C]([Sn]([CH3])([CH3])[CH3])CCC2)CCCC1=O)[Sn]([CH3])([CH3])[CH3]. The standard InChI is InChI=1S/C14H18O.6CH3.2Sn/c1-2-9-14(10-5-8-13(14)15)11-12-6-3-4-7-12;;;;;;;;/h1,3-6,8-11H2;6*1H3;;. The van der Waals surface area contributed by atoms with Gasteiger partial charge in [-0.05, 0) is 0 Å². The molecule has 1 saturated carbocycles. The van der Waals surface area contributed by atoms with Crippen molar-refractivity contribution in [2.24, 2.45) is 5.41 Å². The van der Waals surface area contributed by atoms with Crippen molar-refractivity contribution in [3.8, 4) is 0 Å². The van der Waals surface area contributed by atoms with E-state index in [1.807, 2.05) is 3.59 Å². The summed E-state index contributed by atoms with van der Waals surface area (Å²) in [4.78, 5) is 27.8. The third-order valence-corrected chi connectivity index (χ3v) is 19.5. The Morgan fingerprint density at radius 3 is 2.17 bits per heavy atom. The Bertz CT molecular complexity index is 531. The Hall–Kier alpha value is 0.747. The Morgan fingerprint density at radius 2 is 1.70 bits per heavy atom. The van der Waals surface area contributed by atoms with E-state index < -0.39 is 36.8 Å². The van der Waals surface area contributed by atoms with E-state index >= 15 is 0 Å². The first-order chi connectivity index (χ1) is 10.5. The van der Waals surface area contributed by atoms with Gasteiger partial charge in [-0.25, -0.2) is 0 Å². The molecule has 1 unspecified atom stereocenters. The average Bonchev–Trinajstić information content (AvgIpc) is 2.96. The molecule has 0 aromatic heterocycles. The number of allylic oxidation sites excluding steroid dienone is 3. The molecule has 0 amide bonds. The second kappa shape index (κ2) is 7.17. The molecule has 0 bridgehead atoms. The van der Waals surface area contributed by atoms with Gasteiger partial charge >= 0.3 is 153 Å². The number of carbonyl (C=O) groups excluding carboxylic acids is 1. The van der Waals surface area contributed by atoms with Gasteiger partial charge in [0.05, 0.1) is 0 Å². The minimum absolute atomic E-state index is 0.0661. The fourth-order valence-corrected chi connectivity index (χ4v) is 13.2. The summed E-state index contributed by atoms with van der Waals surface area (Å²) < 4.78 is 3.32. The fraction of sp³-hybridized carbons (Fsp3) is 0.750. The summed E-state index contributed by atoms with van der Waals surface area (Å²) in [7, 11) is 0. The summed E-state index contributed by atoms with van der Waals surface area (Å²) in [5, 5.41) is 0. The van der Waals surface area contributed by atoms with Crippen LogP contribution >= 0.6 is 0 Å². The van der Waals surface area contributed by atoms with Crippen LogP contribution in [0.3, 0.4) is 0 Å². The van der Waals surface area contributed by atoms with Crippen LogP contribution in [0.15, 0.2) is 19.3 Å². The summed E-state index contributed by atoms with van der Waals surface area (Å²) >= 11 is -4.11. The zero-order valence-corrected chi connectivity index (χ0v) is 22.0. The van der Waals surface area contributed by atoms with Crippen LogP contribution in [-0.4, -0.2) is 42.5 Å². The first-order valence-corrected chi connectivity index (χ1v) is 29.4. The van der Waals surface area contributed by atoms with Gasteiger partial charge in [0.25, 0.3) is 0 Å². The Morgan fingerprint density at radius 1 is 1.04 bits per heavy atom. The van der Waals surface area contributed by atoms with Crippen LogP contribution in [0.25, 0.3) is 0 Å². The van der Waals surface area contributed by atoms with Crippen LogP contribution in [-0.2, 0) is 4.79 Å². The molecular formula is C20H36OSn2. The number of hydrogen-bond acceptors (Lipinski definition) is 1. The van der Waals surface area contributed by atoms with E-state index in [9.17, 15) is 4.79 Å². The third-order valence-electron chi connectivity index (χ3n) is 6.05. The van der Waals surface area contributed by atoms with Crippen LogP contribution in [0.5, 0.6) is 0 Å². The van der Waals surface area contributed by atoms with E-state index in [1.165, 1.54) is 22.9 Å². The second-order valence-corrected chi connectivity index (χ2v) is 39.4.